The Morgan fingerprint density at radius 3 is 2.59 bits per heavy atom. The van der Waals surface area contributed by atoms with E-state index in [1.807, 2.05) is 30.3 Å². The fraction of sp³-hybridized carbons (Fsp3) is 0.227. The Labute approximate surface area is 169 Å². The van der Waals surface area contributed by atoms with E-state index >= 15 is 0 Å². The monoisotopic (exact) mass is 393 g/mol. The van der Waals surface area contributed by atoms with Crippen molar-refractivity contribution in [3.63, 3.8) is 0 Å². The molecule has 0 saturated heterocycles. The van der Waals surface area contributed by atoms with Crippen molar-refractivity contribution in [1.82, 2.24) is 4.98 Å². The van der Waals surface area contributed by atoms with E-state index in [1.54, 1.807) is 36.4 Å². The van der Waals surface area contributed by atoms with Gasteiger partial charge in [0.15, 0.2) is 0 Å². The molecular formula is C22H23N3O4. The van der Waals surface area contributed by atoms with Crippen LogP contribution in [0.25, 0.3) is 10.9 Å². The number of ether oxygens (including phenoxy) is 2. The molecule has 0 bridgehead atoms. The number of amides is 2. The molecule has 150 valence electrons. The number of aromatic nitrogens is 1. The molecule has 2 aromatic carbocycles. The fourth-order valence-corrected chi connectivity index (χ4v) is 3.08. The molecule has 0 unspecified atom stereocenters. The predicted octanol–water partition coefficient (Wildman–Crippen LogP) is 3.63. The van der Waals surface area contributed by atoms with Crippen molar-refractivity contribution in [1.29, 1.82) is 0 Å². The van der Waals surface area contributed by atoms with Gasteiger partial charge in [0.2, 0.25) is 11.8 Å². The maximum atomic E-state index is 12.5. The van der Waals surface area contributed by atoms with E-state index in [4.69, 9.17) is 9.47 Å². The summed E-state index contributed by atoms with van der Waals surface area (Å²) in [5.74, 6) is 0.747. The molecule has 3 aromatic rings. The summed E-state index contributed by atoms with van der Waals surface area (Å²) in [5, 5.41) is 3.76. The lowest BCUT2D eigenvalue weighted by Crippen LogP contribution is -2.32. The topological polar surface area (TPSA) is 80.8 Å². The lowest BCUT2D eigenvalue weighted by molar-refractivity contribution is -0.117. The summed E-state index contributed by atoms with van der Waals surface area (Å²) in [6, 6.07) is 14.6. The minimum Gasteiger partial charge on any atom is -0.497 e. The molecule has 0 fully saturated rings. The summed E-state index contributed by atoms with van der Waals surface area (Å²) in [6.07, 6.45) is 1.81. The number of fused-ring (bicyclic) bond motifs is 1. The molecule has 29 heavy (non-hydrogen) atoms. The molecule has 0 radical (unpaired) electrons. The first-order chi connectivity index (χ1) is 14.0. The summed E-state index contributed by atoms with van der Waals surface area (Å²) in [4.78, 5) is 30.7. The third kappa shape index (κ3) is 4.63. The summed E-state index contributed by atoms with van der Waals surface area (Å²) < 4.78 is 10.5. The van der Waals surface area contributed by atoms with Crippen molar-refractivity contribution in [3.05, 3.63) is 54.7 Å². The van der Waals surface area contributed by atoms with Crippen molar-refractivity contribution in [3.8, 4) is 11.5 Å². The van der Waals surface area contributed by atoms with Crippen molar-refractivity contribution >= 4 is 34.1 Å². The van der Waals surface area contributed by atoms with E-state index in [1.165, 1.54) is 14.0 Å². The number of nitrogens with one attached hydrogen (secondary N) is 1. The summed E-state index contributed by atoms with van der Waals surface area (Å²) in [7, 11) is 3.08. The number of hydrogen-bond acceptors (Lipinski definition) is 5. The lowest BCUT2D eigenvalue weighted by atomic mass is 10.1. The van der Waals surface area contributed by atoms with Crippen molar-refractivity contribution < 1.29 is 19.1 Å². The third-order valence-electron chi connectivity index (χ3n) is 4.53. The smallest absolute Gasteiger partial charge is 0.226 e. The number of anilines is 2. The molecular weight excluding hydrogens is 370 g/mol. The Hall–Kier alpha value is -3.61. The largest absolute Gasteiger partial charge is 0.497 e. The molecule has 7 heteroatoms. The van der Waals surface area contributed by atoms with Gasteiger partial charge in [0, 0.05) is 37.5 Å². The van der Waals surface area contributed by atoms with Gasteiger partial charge in [0.1, 0.15) is 11.5 Å². The first-order valence-electron chi connectivity index (χ1n) is 9.17. The molecule has 0 spiro atoms. The number of carbonyl (C=O) groups is 2. The highest BCUT2D eigenvalue weighted by Crippen LogP contribution is 2.29. The SMILES string of the molecule is COc1ccc(NC(=O)CCN(C(C)=O)c2cccc3cccnc23)c(OC)c1. The second-order valence-electron chi connectivity index (χ2n) is 6.39. The van der Waals surface area contributed by atoms with E-state index in [2.05, 4.69) is 10.3 Å². The molecule has 7 nitrogen and oxygen atoms in total. The van der Waals surface area contributed by atoms with Gasteiger partial charge in [-0.05, 0) is 24.3 Å². The van der Waals surface area contributed by atoms with Crippen LogP contribution >= 0.6 is 0 Å². The highest BCUT2D eigenvalue weighted by Gasteiger charge is 2.17. The van der Waals surface area contributed by atoms with Crippen molar-refractivity contribution in [2.24, 2.45) is 0 Å². The number of methoxy groups -OCH3 is 2. The molecule has 1 heterocycles. The first-order valence-corrected chi connectivity index (χ1v) is 9.17. The highest BCUT2D eigenvalue weighted by molar-refractivity contribution is 6.02. The molecule has 0 saturated carbocycles. The average Bonchev–Trinajstić information content (AvgIpc) is 2.74. The Bertz CT molecular complexity index is 1030. The average molecular weight is 393 g/mol. The van der Waals surface area contributed by atoms with E-state index in [-0.39, 0.29) is 24.8 Å². The summed E-state index contributed by atoms with van der Waals surface area (Å²) in [5.41, 5.74) is 1.95. The number of hydrogen-bond donors (Lipinski definition) is 1. The van der Waals surface area contributed by atoms with Crippen LogP contribution < -0.4 is 19.7 Å². The maximum absolute atomic E-state index is 12.5. The Morgan fingerprint density at radius 2 is 1.86 bits per heavy atom. The molecule has 3 rings (SSSR count). The van der Waals surface area contributed by atoms with Gasteiger partial charge in [-0.2, -0.15) is 0 Å². The van der Waals surface area contributed by atoms with Gasteiger partial charge in [-0.1, -0.05) is 18.2 Å². The van der Waals surface area contributed by atoms with Crippen LogP contribution in [0, 0.1) is 0 Å². The second kappa shape index (κ2) is 9.05. The first kappa shape index (κ1) is 20.1. The van der Waals surface area contributed by atoms with Crippen LogP contribution in [-0.4, -0.2) is 37.6 Å². The summed E-state index contributed by atoms with van der Waals surface area (Å²) in [6.45, 7) is 1.71. The second-order valence-corrected chi connectivity index (χ2v) is 6.39. The minimum atomic E-state index is -0.229. The standard InChI is InChI=1S/C22H23N3O4/c1-15(26)25(19-8-4-6-16-7-5-12-23-22(16)19)13-11-21(27)24-18-10-9-17(28-2)14-20(18)29-3/h4-10,12,14H,11,13H2,1-3H3,(H,24,27). The van der Waals surface area contributed by atoms with Crippen LogP contribution in [0.3, 0.4) is 0 Å². The maximum Gasteiger partial charge on any atom is 0.226 e. The van der Waals surface area contributed by atoms with Crippen LogP contribution in [0.2, 0.25) is 0 Å². The Morgan fingerprint density at radius 1 is 1.07 bits per heavy atom. The highest BCUT2D eigenvalue weighted by atomic mass is 16.5. The van der Waals surface area contributed by atoms with Crippen LogP contribution in [0.15, 0.2) is 54.7 Å². The number of benzene rings is 2. The van der Waals surface area contributed by atoms with Gasteiger partial charge < -0.3 is 19.7 Å². The van der Waals surface area contributed by atoms with Gasteiger partial charge in [-0.3, -0.25) is 14.6 Å². The number of carbonyl (C=O) groups excluding carboxylic acids is 2. The van der Waals surface area contributed by atoms with Crippen LogP contribution in [0.1, 0.15) is 13.3 Å². The third-order valence-corrected chi connectivity index (χ3v) is 4.53. The molecule has 0 aliphatic carbocycles. The van der Waals surface area contributed by atoms with E-state index in [0.29, 0.717) is 22.9 Å². The Kier molecular flexibility index (Phi) is 6.29. The number of rotatable bonds is 7. The lowest BCUT2D eigenvalue weighted by Gasteiger charge is -2.22. The van der Waals surface area contributed by atoms with Gasteiger partial charge in [0.25, 0.3) is 0 Å². The molecule has 0 aliphatic heterocycles. The van der Waals surface area contributed by atoms with Crippen LogP contribution in [0.4, 0.5) is 11.4 Å². The molecule has 2 amide bonds. The van der Waals surface area contributed by atoms with Crippen LogP contribution in [0.5, 0.6) is 11.5 Å². The van der Waals surface area contributed by atoms with E-state index < -0.39 is 0 Å². The van der Waals surface area contributed by atoms with Gasteiger partial charge in [-0.15, -0.1) is 0 Å². The molecule has 0 atom stereocenters. The summed E-state index contributed by atoms with van der Waals surface area (Å²) >= 11 is 0. The van der Waals surface area contributed by atoms with Gasteiger partial charge in [-0.25, -0.2) is 0 Å². The molecule has 0 aliphatic rings. The number of pyridine rings is 1. The predicted molar refractivity (Wildman–Crippen MR) is 113 cm³/mol. The van der Waals surface area contributed by atoms with Crippen LogP contribution in [-0.2, 0) is 9.59 Å². The quantitative estimate of drug-likeness (QED) is 0.663. The molecule has 1 aromatic heterocycles. The zero-order valence-electron chi connectivity index (χ0n) is 16.6. The van der Waals surface area contributed by atoms with E-state index in [0.717, 1.165) is 10.9 Å². The normalized spacial score (nSPS) is 10.4. The van der Waals surface area contributed by atoms with E-state index in [9.17, 15) is 9.59 Å². The molecule has 1 N–H and O–H groups in total. The fourth-order valence-electron chi connectivity index (χ4n) is 3.08. The zero-order valence-corrected chi connectivity index (χ0v) is 16.6. The zero-order chi connectivity index (χ0) is 20.8. The Balaban J connectivity index is 1.74. The number of nitrogens with zero attached hydrogens (tertiary/aromatic N) is 2. The van der Waals surface area contributed by atoms with Crippen molar-refractivity contribution in [2.75, 3.05) is 31.0 Å². The van der Waals surface area contributed by atoms with Crippen molar-refractivity contribution in [2.45, 2.75) is 13.3 Å². The van der Waals surface area contributed by atoms with Gasteiger partial charge >= 0.3 is 0 Å². The van der Waals surface area contributed by atoms with Gasteiger partial charge in [0.05, 0.1) is 31.1 Å². The minimum absolute atomic E-state index is 0.123. The number of para-hydroxylation sites is 1.